The molecule has 0 N–H and O–H groups in total. The molecular weight excluding hydrogens is 214 g/mol. The second-order valence-electron chi connectivity index (χ2n) is 5.35. The van der Waals surface area contributed by atoms with E-state index in [0.29, 0.717) is 0 Å². The fraction of sp³-hybridized carbons (Fsp3) is 0.571. The summed E-state index contributed by atoms with van der Waals surface area (Å²) >= 11 is 0. The topological polar surface area (TPSA) is 21.7 Å². The van der Waals surface area contributed by atoms with Crippen LogP contribution in [0.2, 0.25) is 0 Å². The average Bonchev–Trinajstić information content (AvgIpc) is 2.63. The van der Waals surface area contributed by atoms with E-state index in [-0.39, 0.29) is 5.60 Å². The van der Waals surface area contributed by atoms with Gasteiger partial charge in [-0.2, -0.15) is 0 Å². The molecule has 17 heavy (non-hydrogen) atoms. The van der Waals surface area contributed by atoms with Crippen molar-refractivity contribution in [3.8, 4) is 5.75 Å². The Morgan fingerprint density at radius 2 is 2.06 bits per heavy atom. The van der Waals surface area contributed by atoms with Gasteiger partial charge in [-0.3, -0.25) is 0 Å². The minimum atomic E-state index is -0.0696. The molecule has 1 fully saturated rings. The van der Waals surface area contributed by atoms with E-state index in [1.807, 2.05) is 0 Å². The maximum Gasteiger partial charge on any atom is 0.125 e. The predicted octanol–water partition coefficient (Wildman–Crippen LogP) is 2.04. The standard InChI is InChI=1S/C14H18NO2/c1-14(2)10-11-3-4-12(9-13(11)17-14)15-5-7-16-8-6-15/h3,9H,5-8,10H2,1-2H3. The molecule has 0 bridgehead atoms. The molecule has 2 aliphatic rings. The van der Waals surface area contributed by atoms with Crippen LogP contribution in [0.1, 0.15) is 19.4 Å². The number of fused-ring (bicyclic) bond motifs is 1. The molecule has 2 aliphatic heterocycles. The molecule has 0 aliphatic carbocycles. The van der Waals surface area contributed by atoms with Crippen LogP contribution in [0.15, 0.2) is 12.1 Å². The summed E-state index contributed by atoms with van der Waals surface area (Å²) in [6.07, 6.45) is 0.974. The van der Waals surface area contributed by atoms with Crippen molar-refractivity contribution >= 4 is 5.69 Å². The molecule has 0 saturated carbocycles. The van der Waals surface area contributed by atoms with E-state index in [0.717, 1.165) is 44.2 Å². The van der Waals surface area contributed by atoms with Crippen LogP contribution in [-0.2, 0) is 11.2 Å². The fourth-order valence-corrected chi connectivity index (χ4v) is 2.50. The van der Waals surface area contributed by atoms with Gasteiger partial charge in [0, 0.05) is 37.3 Å². The molecule has 1 aromatic carbocycles. The van der Waals surface area contributed by atoms with Crippen LogP contribution in [0.25, 0.3) is 0 Å². The van der Waals surface area contributed by atoms with E-state index in [1.165, 1.54) is 5.56 Å². The number of hydrogen-bond donors (Lipinski definition) is 0. The third-order valence-corrected chi connectivity index (χ3v) is 3.33. The summed E-state index contributed by atoms with van der Waals surface area (Å²) in [4.78, 5) is 2.30. The van der Waals surface area contributed by atoms with E-state index in [4.69, 9.17) is 9.47 Å². The molecule has 2 heterocycles. The lowest BCUT2D eigenvalue weighted by molar-refractivity contribution is 0.122. The summed E-state index contributed by atoms with van der Waals surface area (Å²) < 4.78 is 11.3. The Balaban J connectivity index is 1.85. The smallest absolute Gasteiger partial charge is 0.125 e. The zero-order valence-corrected chi connectivity index (χ0v) is 10.5. The van der Waals surface area contributed by atoms with Gasteiger partial charge in [0.05, 0.1) is 13.2 Å². The highest BCUT2D eigenvalue weighted by molar-refractivity contribution is 5.54. The number of benzene rings is 1. The number of ether oxygens (including phenoxy) is 2. The zero-order chi connectivity index (χ0) is 11.9. The lowest BCUT2D eigenvalue weighted by Crippen LogP contribution is -2.36. The van der Waals surface area contributed by atoms with Gasteiger partial charge >= 0.3 is 0 Å². The third-order valence-electron chi connectivity index (χ3n) is 3.33. The molecule has 3 heteroatoms. The number of nitrogens with zero attached hydrogens (tertiary/aromatic N) is 1. The minimum absolute atomic E-state index is 0.0696. The first-order valence-corrected chi connectivity index (χ1v) is 6.20. The van der Waals surface area contributed by atoms with E-state index in [9.17, 15) is 0 Å². The summed E-state index contributed by atoms with van der Waals surface area (Å²) in [6.45, 7) is 7.74. The second kappa shape index (κ2) is 3.91. The van der Waals surface area contributed by atoms with Crippen molar-refractivity contribution in [2.24, 2.45) is 0 Å². The first kappa shape index (κ1) is 10.9. The number of hydrogen-bond acceptors (Lipinski definition) is 3. The normalized spacial score (nSPS) is 22.1. The maximum atomic E-state index is 5.95. The van der Waals surface area contributed by atoms with Gasteiger partial charge in [-0.1, -0.05) is 0 Å². The summed E-state index contributed by atoms with van der Waals surface area (Å²) in [5.74, 6) is 1.02. The number of rotatable bonds is 1. The molecule has 1 saturated heterocycles. The van der Waals surface area contributed by atoms with Gasteiger partial charge in [-0.05, 0) is 25.5 Å². The predicted molar refractivity (Wildman–Crippen MR) is 66.7 cm³/mol. The summed E-state index contributed by atoms with van der Waals surface area (Å²) in [5, 5.41) is 0. The van der Waals surface area contributed by atoms with Crippen molar-refractivity contribution in [3.05, 3.63) is 23.8 Å². The Kier molecular flexibility index (Phi) is 2.51. The quantitative estimate of drug-likeness (QED) is 0.739. The van der Waals surface area contributed by atoms with E-state index >= 15 is 0 Å². The van der Waals surface area contributed by atoms with Gasteiger partial charge in [0.2, 0.25) is 0 Å². The van der Waals surface area contributed by atoms with Crippen molar-refractivity contribution in [3.63, 3.8) is 0 Å². The molecule has 1 radical (unpaired) electrons. The lowest BCUT2D eigenvalue weighted by Gasteiger charge is -2.28. The van der Waals surface area contributed by atoms with Crippen LogP contribution >= 0.6 is 0 Å². The fourth-order valence-electron chi connectivity index (χ4n) is 2.50. The van der Waals surface area contributed by atoms with E-state index in [1.54, 1.807) is 0 Å². The van der Waals surface area contributed by atoms with Gasteiger partial charge in [-0.15, -0.1) is 0 Å². The van der Waals surface area contributed by atoms with Gasteiger partial charge in [0.1, 0.15) is 11.4 Å². The van der Waals surface area contributed by atoms with Gasteiger partial charge in [-0.25, -0.2) is 0 Å². The zero-order valence-electron chi connectivity index (χ0n) is 10.5. The van der Waals surface area contributed by atoms with Gasteiger partial charge in [0.15, 0.2) is 0 Å². The monoisotopic (exact) mass is 232 g/mol. The molecule has 0 amide bonds. The summed E-state index contributed by atoms with van der Waals surface area (Å²) in [7, 11) is 0. The minimum Gasteiger partial charge on any atom is -0.487 e. The van der Waals surface area contributed by atoms with Crippen LogP contribution < -0.4 is 9.64 Å². The number of anilines is 1. The van der Waals surface area contributed by atoms with Crippen LogP contribution in [0.5, 0.6) is 5.75 Å². The Hall–Kier alpha value is -1.22. The maximum absolute atomic E-state index is 5.95. The number of morpholine rings is 1. The third kappa shape index (κ3) is 2.12. The highest BCUT2D eigenvalue weighted by atomic mass is 16.5. The van der Waals surface area contributed by atoms with Crippen molar-refractivity contribution in [1.82, 2.24) is 0 Å². The Labute approximate surface area is 102 Å². The van der Waals surface area contributed by atoms with Crippen LogP contribution in [-0.4, -0.2) is 31.9 Å². The molecule has 0 spiro atoms. The average molecular weight is 232 g/mol. The molecule has 0 unspecified atom stereocenters. The molecule has 91 valence electrons. The first-order chi connectivity index (χ1) is 8.14. The van der Waals surface area contributed by atoms with Crippen LogP contribution in [0, 0.1) is 6.07 Å². The Bertz CT molecular complexity index is 422. The molecule has 0 atom stereocenters. The summed E-state index contributed by atoms with van der Waals surface area (Å²) in [6, 6.07) is 7.57. The molecule has 3 rings (SSSR count). The Morgan fingerprint density at radius 1 is 1.29 bits per heavy atom. The largest absolute Gasteiger partial charge is 0.487 e. The van der Waals surface area contributed by atoms with Crippen molar-refractivity contribution in [2.75, 3.05) is 31.2 Å². The Morgan fingerprint density at radius 3 is 2.82 bits per heavy atom. The highest BCUT2D eigenvalue weighted by Gasteiger charge is 2.30. The van der Waals surface area contributed by atoms with Gasteiger partial charge in [0.25, 0.3) is 0 Å². The molecular formula is C14H18NO2. The van der Waals surface area contributed by atoms with Crippen LogP contribution in [0.4, 0.5) is 5.69 Å². The molecule has 0 aromatic heterocycles. The highest BCUT2D eigenvalue weighted by Crippen LogP contribution is 2.37. The van der Waals surface area contributed by atoms with Crippen LogP contribution in [0.3, 0.4) is 0 Å². The SMILES string of the molecule is CC1(C)Cc2c[c]c(N3CCOCC3)cc2O1. The van der Waals surface area contributed by atoms with E-state index < -0.39 is 0 Å². The molecule has 3 nitrogen and oxygen atoms in total. The summed E-state index contributed by atoms with van der Waals surface area (Å²) in [5.41, 5.74) is 2.33. The van der Waals surface area contributed by atoms with Crippen molar-refractivity contribution in [2.45, 2.75) is 25.9 Å². The van der Waals surface area contributed by atoms with Crippen molar-refractivity contribution < 1.29 is 9.47 Å². The van der Waals surface area contributed by atoms with E-state index in [2.05, 4.69) is 36.9 Å². The van der Waals surface area contributed by atoms with Crippen molar-refractivity contribution in [1.29, 1.82) is 0 Å². The molecule has 1 aromatic rings. The first-order valence-electron chi connectivity index (χ1n) is 6.20. The lowest BCUT2D eigenvalue weighted by atomic mass is 10.0. The van der Waals surface area contributed by atoms with Gasteiger partial charge < -0.3 is 14.4 Å². The second-order valence-corrected chi connectivity index (χ2v) is 5.35.